The minimum atomic E-state index is -4.33. The van der Waals surface area contributed by atoms with E-state index in [1.807, 2.05) is 0 Å². The van der Waals surface area contributed by atoms with Crippen LogP contribution in [0.5, 0.6) is 11.5 Å². The third-order valence-corrected chi connectivity index (χ3v) is 5.32. The van der Waals surface area contributed by atoms with Crippen LogP contribution in [-0.2, 0) is 6.18 Å². The minimum absolute atomic E-state index is 0.00604. The fourth-order valence-corrected chi connectivity index (χ4v) is 3.75. The van der Waals surface area contributed by atoms with Crippen molar-refractivity contribution < 1.29 is 27.4 Å². The van der Waals surface area contributed by atoms with E-state index in [4.69, 9.17) is 9.47 Å². The maximum atomic E-state index is 12.9. The zero-order valence-corrected chi connectivity index (χ0v) is 15.6. The highest BCUT2D eigenvalue weighted by Gasteiger charge is 2.32. The molecule has 0 bridgehead atoms. The molecule has 0 N–H and O–H groups in total. The summed E-state index contributed by atoms with van der Waals surface area (Å²) in [5, 5.41) is 0. The van der Waals surface area contributed by atoms with Crippen molar-refractivity contribution in [2.45, 2.75) is 24.9 Å². The van der Waals surface area contributed by atoms with Gasteiger partial charge in [-0.15, -0.1) is 0 Å². The SMILES string of the molecule is O=C(CCN1CCC(c2cccc(C(F)(F)F)c2)C1)c1ccc2c(c1)OC=CO2. The van der Waals surface area contributed by atoms with Crippen LogP contribution in [0.15, 0.2) is 55.0 Å². The Balaban J connectivity index is 1.33. The molecule has 1 atom stereocenters. The molecule has 7 heteroatoms. The van der Waals surface area contributed by atoms with Crippen molar-refractivity contribution in [3.8, 4) is 11.5 Å². The number of carbonyl (C=O) groups excluding carboxylic acids is 1. The molecule has 4 rings (SSSR count). The van der Waals surface area contributed by atoms with Crippen LogP contribution in [-0.4, -0.2) is 30.3 Å². The van der Waals surface area contributed by atoms with Crippen molar-refractivity contribution in [1.29, 1.82) is 0 Å². The van der Waals surface area contributed by atoms with Gasteiger partial charge in [-0.25, -0.2) is 0 Å². The van der Waals surface area contributed by atoms with Crippen LogP contribution in [0, 0.1) is 0 Å². The number of Topliss-reactive ketones (excluding diaryl/α,β-unsaturated/α-hetero) is 1. The Morgan fingerprint density at radius 2 is 1.86 bits per heavy atom. The van der Waals surface area contributed by atoms with Crippen LogP contribution < -0.4 is 9.47 Å². The maximum Gasteiger partial charge on any atom is 0.416 e. The smallest absolute Gasteiger partial charge is 0.416 e. The van der Waals surface area contributed by atoms with Gasteiger partial charge in [0.05, 0.1) is 5.56 Å². The largest absolute Gasteiger partial charge is 0.458 e. The average molecular weight is 403 g/mol. The monoisotopic (exact) mass is 403 g/mol. The zero-order chi connectivity index (χ0) is 20.4. The van der Waals surface area contributed by atoms with E-state index >= 15 is 0 Å². The van der Waals surface area contributed by atoms with Crippen LogP contribution in [0.25, 0.3) is 0 Å². The fraction of sp³-hybridized carbons (Fsp3) is 0.318. The van der Waals surface area contributed by atoms with Gasteiger partial charge in [-0.2, -0.15) is 13.2 Å². The molecule has 0 spiro atoms. The number of hydrogen-bond acceptors (Lipinski definition) is 4. The van der Waals surface area contributed by atoms with Gasteiger partial charge in [0.1, 0.15) is 12.5 Å². The van der Waals surface area contributed by atoms with Crippen molar-refractivity contribution in [3.63, 3.8) is 0 Å². The number of alkyl halides is 3. The third-order valence-electron chi connectivity index (χ3n) is 5.32. The molecule has 152 valence electrons. The number of nitrogens with zero attached hydrogens (tertiary/aromatic N) is 1. The van der Waals surface area contributed by atoms with Crippen LogP contribution in [0.2, 0.25) is 0 Å². The number of ether oxygens (including phenoxy) is 2. The Hall–Kier alpha value is -2.80. The van der Waals surface area contributed by atoms with E-state index in [1.54, 1.807) is 24.3 Å². The lowest BCUT2D eigenvalue weighted by Gasteiger charge is -2.17. The van der Waals surface area contributed by atoms with Crippen molar-refractivity contribution in [3.05, 3.63) is 71.7 Å². The second kappa shape index (κ2) is 7.91. The van der Waals surface area contributed by atoms with Crippen LogP contribution in [0.3, 0.4) is 0 Å². The molecule has 4 nitrogen and oxygen atoms in total. The fourth-order valence-electron chi connectivity index (χ4n) is 3.75. The molecule has 2 heterocycles. The molecule has 0 amide bonds. The van der Waals surface area contributed by atoms with Gasteiger partial charge in [0, 0.05) is 25.1 Å². The lowest BCUT2D eigenvalue weighted by atomic mass is 9.96. The Morgan fingerprint density at radius 1 is 1.07 bits per heavy atom. The maximum absolute atomic E-state index is 12.9. The number of likely N-dealkylation sites (tertiary alicyclic amines) is 1. The van der Waals surface area contributed by atoms with Gasteiger partial charge in [-0.3, -0.25) is 4.79 Å². The molecular formula is C22H20F3NO3. The summed E-state index contributed by atoms with van der Waals surface area (Å²) in [5.41, 5.74) is 0.641. The van der Waals surface area contributed by atoms with Gasteiger partial charge >= 0.3 is 6.18 Å². The first-order valence-electron chi connectivity index (χ1n) is 9.45. The molecule has 1 saturated heterocycles. The van der Waals surface area contributed by atoms with Crippen molar-refractivity contribution in [2.75, 3.05) is 19.6 Å². The van der Waals surface area contributed by atoms with E-state index in [0.29, 0.717) is 42.1 Å². The molecule has 0 saturated carbocycles. The van der Waals surface area contributed by atoms with E-state index in [0.717, 1.165) is 19.0 Å². The van der Waals surface area contributed by atoms with Gasteiger partial charge < -0.3 is 14.4 Å². The van der Waals surface area contributed by atoms with E-state index in [-0.39, 0.29) is 11.7 Å². The summed E-state index contributed by atoms with van der Waals surface area (Å²) >= 11 is 0. The number of halogens is 3. The number of fused-ring (bicyclic) bond motifs is 1. The van der Waals surface area contributed by atoms with Crippen LogP contribution in [0.1, 0.15) is 40.2 Å². The lowest BCUT2D eigenvalue weighted by Crippen LogP contribution is -2.23. The summed E-state index contributed by atoms with van der Waals surface area (Å²) < 4.78 is 49.4. The third kappa shape index (κ3) is 4.45. The summed E-state index contributed by atoms with van der Waals surface area (Å²) in [4.78, 5) is 14.7. The molecule has 2 aliphatic heterocycles. The zero-order valence-electron chi connectivity index (χ0n) is 15.6. The van der Waals surface area contributed by atoms with Crippen molar-refractivity contribution >= 4 is 5.78 Å². The summed E-state index contributed by atoms with van der Waals surface area (Å²) in [5.74, 6) is 1.11. The summed E-state index contributed by atoms with van der Waals surface area (Å²) in [6, 6.07) is 10.6. The molecule has 0 aromatic heterocycles. The van der Waals surface area contributed by atoms with Crippen molar-refractivity contribution in [1.82, 2.24) is 4.90 Å². The molecule has 2 aromatic carbocycles. The van der Waals surface area contributed by atoms with Gasteiger partial charge in [0.25, 0.3) is 0 Å². The molecule has 0 radical (unpaired) electrons. The highest BCUT2D eigenvalue weighted by molar-refractivity contribution is 5.96. The van der Waals surface area contributed by atoms with Gasteiger partial charge in [0.2, 0.25) is 0 Å². The Kier molecular flexibility index (Phi) is 5.32. The summed E-state index contributed by atoms with van der Waals surface area (Å²) in [7, 11) is 0. The van der Waals surface area contributed by atoms with Crippen LogP contribution in [0.4, 0.5) is 13.2 Å². The normalized spacial score (nSPS) is 18.8. The van der Waals surface area contributed by atoms with Gasteiger partial charge in [-0.05, 0) is 48.7 Å². The number of carbonyl (C=O) groups is 1. The van der Waals surface area contributed by atoms with Gasteiger partial charge in [-0.1, -0.05) is 18.2 Å². The van der Waals surface area contributed by atoms with E-state index in [2.05, 4.69) is 4.90 Å². The molecule has 1 unspecified atom stereocenters. The van der Waals surface area contributed by atoms with E-state index in [9.17, 15) is 18.0 Å². The van der Waals surface area contributed by atoms with Gasteiger partial charge in [0.15, 0.2) is 17.3 Å². The standard InChI is InChI=1S/C22H20F3NO3/c23-22(24,25)18-3-1-2-15(12-18)17-6-8-26(14-17)9-7-19(27)16-4-5-20-21(13-16)29-11-10-28-20/h1-5,10-13,17H,6-9,14H2. The Bertz CT molecular complexity index is 939. The molecule has 29 heavy (non-hydrogen) atoms. The Labute approximate surface area is 166 Å². The predicted molar refractivity (Wildman–Crippen MR) is 101 cm³/mol. The quantitative estimate of drug-likeness (QED) is 0.658. The first-order valence-corrected chi connectivity index (χ1v) is 9.45. The second-order valence-corrected chi connectivity index (χ2v) is 7.25. The molecule has 2 aromatic rings. The topological polar surface area (TPSA) is 38.8 Å². The van der Waals surface area contributed by atoms with E-state index in [1.165, 1.54) is 24.7 Å². The summed E-state index contributed by atoms with van der Waals surface area (Å²) in [6.45, 7) is 1.99. The number of hydrogen-bond donors (Lipinski definition) is 0. The minimum Gasteiger partial charge on any atom is -0.458 e. The summed E-state index contributed by atoms with van der Waals surface area (Å²) in [6.07, 6.45) is -0.371. The lowest BCUT2D eigenvalue weighted by molar-refractivity contribution is -0.137. The van der Waals surface area contributed by atoms with Crippen molar-refractivity contribution in [2.24, 2.45) is 0 Å². The highest BCUT2D eigenvalue weighted by Crippen LogP contribution is 2.34. The molecular weight excluding hydrogens is 383 g/mol. The average Bonchev–Trinajstić information content (AvgIpc) is 3.20. The van der Waals surface area contributed by atoms with Crippen LogP contribution >= 0.6 is 0 Å². The molecule has 2 aliphatic rings. The van der Waals surface area contributed by atoms with E-state index < -0.39 is 11.7 Å². The first kappa shape index (κ1) is 19.5. The number of rotatable bonds is 5. The molecule has 1 fully saturated rings. The highest BCUT2D eigenvalue weighted by atomic mass is 19.4. The number of benzene rings is 2. The second-order valence-electron chi connectivity index (χ2n) is 7.25. The Morgan fingerprint density at radius 3 is 2.66 bits per heavy atom. The number of ketones is 1. The molecule has 0 aliphatic carbocycles. The predicted octanol–water partition coefficient (Wildman–Crippen LogP) is 5.01. The first-order chi connectivity index (χ1) is 13.9.